The van der Waals surface area contributed by atoms with E-state index in [-0.39, 0.29) is 6.04 Å². The van der Waals surface area contributed by atoms with Crippen molar-refractivity contribution in [2.24, 2.45) is 0 Å². The van der Waals surface area contributed by atoms with Crippen molar-refractivity contribution in [2.45, 2.75) is 17.4 Å². The van der Waals surface area contributed by atoms with Gasteiger partial charge in [-0.15, -0.1) is 0 Å². The average molecular weight is 432 g/mol. The Hall–Kier alpha value is -1.90. The van der Waals surface area contributed by atoms with Crippen LogP contribution in [0.4, 0.5) is 0 Å². The Kier molecular flexibility index (Phi) is 4.88. The van der Waals surface area contributed by atoms with Gasteiger partial charge in [-0.05, 0) is 47.9 Å². The third-order valence-electron chi connectivity index (χ3n) is 5.73. The Morgan fingerprint density at radius 3 is 2.59 bits per heavy atom. The van der Waals surface area contributed by atoms with Crippen LogP contribution < -0.4 is 5.32 Å². The fourth-order valence-electron chi connectivity index (χ4n) is 4.25. The highest BCUT2D eigenvalue weighted by Gasteiger charge is 2.28. The van der Waals surface area contributed by atoms with Crippen LogP contribution in [0.1, 0.15) is 22.9 Å². The highest BCUT2D eigenvalue weighted by atomic mass is 35.5. The van der Waals surface area contributed by atoms with Crippen molar-refractivity contribution in [1.82, 2.24) is 14.6 Å². The van der Waals surface area contributed by atoms with Crippen LogP contribution in [-0.2, 0) is 21.2 Å². The molecule has 1 saturated heterocycles. The molecule has 2 aliphatic rings. The van der Waals surface area contributed by atoms with Gasteiger partial charge in [-0.2, -0.15) is 4.31 Å². The number of morpholine rings is 1. The molecule has 1 unspecified atom stereocenters. The molecule has 3 heterocycles. The lowest BCUT2D eigenvalue weighted by molar-refractivity contribution is 0.0730. The van der Waals surface area contributed by atoms with Crippen LogP contribution in [0.25, 0.3) is 10.9 Å². The van der Waals surface area contributed by atoms with Crippen LogP contribution in [0.2, 0.25) is 5.02 Å². The molecule has 152 valence electrons. The first-order chi connectivity index (χ1) is 14.0. The highest BCUT2D eigenvalue weighted by molar-refractivity contribution is 7.89. The minimum atomic E-state index is -3.48. The summed E-state index contributed by atoms with van der Waals surface area (Å²) in [5.74, 6) is 0. The number of nitrogens with zero attached hydrogens (tertiary/aromatic N) is 1. The molecule has 2 aliphatic heterocycles. The van der Waals surface area contributed by atoms with E-state index >= 15 is 0 Å². The minimum absolute atomic E-state index is 0.00920. The standard InChI is InChI=1S/C21H22ClN3O3S/c22-15-3-6-19-18(13-15)17-7-8-23-20(21(17)24-19)14-1-4-16(5-2-14)29(26,27)25-9-11-28-12-10-25/h1-6,13,20,23-24H,7-12H2. The smallest absolute Gasteiger partial charge is 0.243 e. The third kappa shape index (κ3) is 3.37. The van der Waals surface area contributed by atoms with Crippen LogP contribution in [0.15, 0.2) is 47.4 Å². The molecule has 0 bridgehead atoms. The van der Waals surface area contributed by atoms with Crippen LogP contribution in [0.3, 0.4) is 0 Å². The van der Waals surface area contributed by atoms with E-state index < -0.39 is 10.0 Å². The molecule has 0 amide bonds. The maximum Gasteiger partial charge on any atom is 0.243 e. The van der Waals surface area contributed by atoms with Gasteiger partial charge in [0, 0.05) is 41.3 Å². The molecule has 1 aromatic heterocycles. The lowest BCUT2D eigenvalue weighted by atomic mass is 9.94. The number of sulfonamides is 1. The molecule has 0 aliphatic carbocycles. The van der Waals surface area contributed by atoms with Gasteiger partial charge in [0.25, 0.3) is 0 Å². The van der Waals surface area contributed by atoms with Gasteiger partial charge in [-0.1, -0.05) is 23.7 Å². The van der Waals surface area contributed by atoms with Crippen LogP contribution in [-0.4, -0.2) is 50.6 Å². The molecule has 0 saturated carbocycles. The van der Waals surface area contributed by atoms with Gasteiger partial charge in [-0.3, -0.25) is 0 Å². The summed E-state index contributed by atoms with van der Waals surface area (Å²) in [6.07, 6.45) is 0.926. The van der Waals surface area contributed by atoms with E-state index in [0.717, 1.165) is 40.1 Å². The van der Waals surface area contributed by atoms with Gasteiger partial charge < -0.3 is 15.0 Å². The van der Waals surface area contributed by atoms with Gasteiger partial charge in [0.15, 0.2) is 0 Å². The first-order valence-corrected chi connectivity index (χ1v) is 11.6. The summed E-state index contributed by atoms with van der Waals surface area (Å²) >= 11 is 6.20. The van der Waals surface area contributed by atoms with Crippen molar-refractivity contribution in [3.63, 3.8) is 0 Å². The summed E-state index contributed by atoms with van der Waals surface area (Å²) in [6.45, 7) is 2.53. The molecule has 1 atom stereocenters. The third-order valence-corrected chi connectivity index (χ3v) is 7.88. The molecule has 3 aromatic rings. The zero-order valence-electron chi connectivity index (χ0n) is 15.8. The Morgan fingerprint density at radius 2 is 1.83 bits per heavy atom. The van der Waals surface area contributed by atoms with Crippen molar-refractivity contribution in [1.29, 1.82) is 0 Å². The lowest BCUT2D eigenvalue weighted by Gasteiger charge is -2.27. The zero-order chi connectivity index (χ0) is 20.0. The molecule has 1 fully saturated rings. The molecule has 0 spiro atoms. The molecular formula is C21H22ClN3O3S. The van der Waals surface area contributed by atoms with Crippen molar-refractivity contribution in [3.8, 4) is 0 Å². The molecule has 2 N–H and O–H groups in total. The average Bonchev–Trinajstić information content (AvgIpc) is 3.12. The molecule has 8 heteroatoms. The molecule has 29 heavy (non-hydrogen) atoms. The fourth-order valence-corrected chi connectivity index (χ4v) is 5.83. The number of halogens is 1. The normalized spacial score (nSPS) is 20.7. The second-order valence-electron chi connectivity index (χ2n) is 7.43. The van der Waals surface area contributed by atoms with Crippen LogP contribution >= 0.6 is 11.6 Å². The largest absolute Gasteiger partial charge is 0.379 e. The minimum Gasteiger partial charge on any atom is -0.379 e. The first-order valence-electron chi connectivity index (χ1n) is 9.75. The number of hydrogen-bond donors (Lipinski definition) is 2. The summed E-state index contributed by atoms with van der Waals surface area (Å²) in [5.41, 5.74) is 4.50. The number of H-pyrrole nitrogens is 1. The van der Waals surface area contributed by atoms with E-state index in [1.54, 1.807) is 12.1 Å². The summed E-state index contributed by atoms with van der Waals surface area (Å²) in [4.78, 5) is 3.85. The Balaban J connectivity index is 1.48. The first kappa shape index (κ1) is 19.1. The van der Waals surface area contributed by atoms with Gasteiger partial charge in [-0.25, -0.2) is 8.42 Å². The van der Waals surface area contributed by atoms with Gasteiger partial charge in [0.2, 0.25) is 10.0 Å². The lowest BCUT2D eigenvalue weighted by Crippen LogP contribution is -2.40. The van der Waals surface area contributed by atoms with Crippen molar-refractivity contribution in [3.05, 3.63) is 64.3 Å². The zero-order valence-corrected chi connectivity index (χ0v) is 17.4. The van der Waals surface area contributed by atoms with Gasteiger partial charge in [0.1, 0.15) is 0 Å². The van der Waals surface area contributed by atoms with E-state index in [9.17, 15) is 8.42 Å². The highest BCUT2D eigenvalue weighted by Crippen LogP contribution is 2.35. The number of rotatable bonds is 3. The van der Waals surface area contributed by atoms with Crippen LogP contribution in [0.5, 0.6) is 0 Å². The molecule has 6 nitrogen and oxygen atoms in total. The summed E-state index contributed by atoms with van der Waals surface area (Å²) in [6, 6.07) is 13.1. The van der Waals surface area contributed by atoms with E-state index in [1.165, 1.54) is 9.87 Å². The predicted octanol–water partition coefficient (Wildman–Crippen LogP) is 3.08. The Labute approximate surface area is 174 Å². The number of aromatic nitrogens is 1. The quantitative estimate of drug-likeness (QED) is 0.668. The van der Waals surface area contributed by atoms with E-state index in [4.69, 9.17) is 16.3 Å². The topological polar surface area (TPSA) is 74.4 Å². The molecule has 0 radical (unpaired) electrons. The fraction of sp³-hybridized carbons (Fsp3) is 0.333. The SMILES string of the molecule is O=S(=O)(c1ccc(C2NCCc3c2[nH]c2ccc(Cl)cc32)cc1)N1CCOCC1. The Morgan fingerprint density at radius 1 is 1.07 bits per heavy atom. The number of aromatic amines is 1. The molecule has 5 rings (SSSR count). The number of benzene rings is 2. The summed E-state index contributed by atoms with van der Waals surface area (Å²) in [7, 11) is -3.48. The second-order valence-corrected chi connectivity index (χ2v) is 9.80. The number of fused-ring (bicyclic) bond motifs is 3. The summed E-state index contributed by atoms with van der Waals surface area (Å²) in [5, 5.41) is 5.43. The Bertz CT molecular complexity index is 1150. The maximum atomic E-state index is 12.9. The molecular weight excluding hydrogens is 410 g/mol. The van der Waals surface area contributed by atoms with Crippen molar-refractivity contribution >= 4 is 32.5 Å². The van der Waals surface area contributed by atoms with Crippen molar-refractivity contribution in [2.75, 3.05) is 32.8 Å². The monoisotopic (exact) mass is 431 g/mol. The van der Waals surface area contributed by atoms with E-state index in [2.05, 4.69) is 10.3 Å². The van der Waals surface area contributed by atoms with E-state index in [0.29, 0.717) is 31.2 Å². The second kappa shape index (κ2) is 7.41. The molecule has 2 aromatic carbocycles. The number of ether oxygens (including phenoxy) is 1. The van der Waals surface area contributed by atoms with Crippen LogP contribution in [0, 0.1) is 0 Å². The van der Waals surface area contributed by atoms with Gasteiger partial charge >= 0.3 is 0 Å². The van der Waals surface area contributed by atoms with Gasteiger partial charge in [0.05, 0.1) is 24.2 Å². The predicted molar refractivity (Wildman–Crippen MR) is 113 cm³/mol. The number of hydrogen-bond acceptors (Lipinski definition) is 4. The van der Waals surface area contributed by atoms with E-state index in [1.807, 2.05) is 30.3 Å². The number of nitrogens with one attached hydrogen (secondary N) is 2. The summed E-state index contributed by atoms with van der Waals surface area (Å²) < 4.78 is 32.5. The maximum absolute atomic E-state index is 12.9. The van der Waals surface area contributed by atoms with Crippen molar-refractivity contribution < 1.29 is 13.2 Å².